The van der Waals surface area contributed by atoms with E-state index in [0.717, 1.165) is 5.56 Å². The van der Waals surface area contributed by atoms with Crippen LogP contribution in [-0.4, -0.2) is 18.4 Å². The molecule has 2 aromatic rings. The molecule has 108 valence electrons. The highest BCUT2D eigenvalue weighted by atomic mass is 19.1. The molecule has 2 rings (SSSR count). The molecule has 0 heterocycles. The minimum absolute atomic E-state index is 0.122. The topological polar surface area (TPSA) is 58.2 Å². The Morgan fingerprint density at radius 1 is 0.905 bits per heavy atom. The van der Waals surface area contributed by atoms with Crippen molar-refractivity contribution in [1.82, 2.24) is 5.32 Å². The van der Waals surface area contributed by atoms with Crippen LogP contribution in [0.4, 0.5) is 10.1 Å². The van der Waals surface area contributed by atoms with Crippen molar-refractivity contribution < 1.29 is 14.0 Å². The fourth-order valence-electron chi connectivity index (χ4n) is 1.76. The van der Waals surface area contributed by atoms with Crippen molar-refractivity contribution >= 4 is 17.5 Å². The van der Waals surface area contributed by atoms with Gasteiger partial charge >= 0.3 is 0 Å². The third-order valence-electron chi connectivity index (χ3n) is 2.78. The van der Waals surface area contributed by atoms with E-state index >= 15 is 0 Å². The van der Waals surface area contributed by atoms with Gasteiger partial charge in [-0.25, -0.2) is 4.39 Å². The van der Waals surface area contributed by atoms with Crippen molar-refractivity contribution in [2.45, 2.75) is 6.42 Å². The highest BCUT2D eigenvalue weighted by molar-refractivity contribution is 5.94. The SMILES string of the molecule is O=C(Cc1ccccc1)NCC(=O)Nc1ccc(F)cc1. The Hall–Kier alpha value is -2.69. The monoisotopic (exact) mass is 286 g/mol. The van der Waals surface area contributed by atoms with Gasteiger partial charge in [-0.2, -0.15) is 0 Å². The molecule has 2 aromatic carbocycles. The van der Waals surface area contributed by atoms with Gasteiger partial charge in [-0.15, -0.1) is 0 Å². The van der Waals surface area contributed by atoms with Crippen molar-refractivity contribution in [2.75, 3.05) is 11.9 Å². The maximum absolute atomic E-state index is 12.7. The fourth-order valence-corrected chi connectivity index (χ4v) is 1.76. The van der Waals surface area contributed by atoms with Crippen molar-refractivity contribution in [3.8, 4) is 0 Å². The van der Waals surface area contributed by atoms with Crippen molar-refractivity contribution in [3.05, 3.63) is 66.0 Å². The molecule has 0 spiro atoms. The Morgan fingerprint density at radius 3 is 2.24 bits per heavy atom. The first-order valence-corrected chi connectivity index (χ1v) is 6.49. The summed E-state index contributed by atoms with van der Waals surface area (Å²) < 4.78 is 12.7. The minimum atomic E-state index is -0.371. The third-order valence-corrected chi connectivity index (χ3v) is 2.78. The van der Waals surface area contributed by atoms with E-state index in [9.17, 15) is 14.0 Å². The zero-order valence-corrected chi connectivity index (χ0v) is 11.3. The van der Waals surface area contributed by atoms with Gasteiger partial charge in [-0.05, 0) is 29.8 Å². The van der Waals surface area contributed by atoms with Gasteiger partial charge < -0.3 is 10.6 Å². The maximum Gasteiger partial charge on any atom is 0.243 e. The first-order chi connectivity index (χ1) is 10.1. The lowest BCUT2D eigenvalue weighted by atomic mass is 10.1. The zero-order valence-electron chi connectivity index (χ0n) is 11.3. The molecule has 0 saturated carbocycles. The Labute approximate surface area is 122 Å². The summed E-state index contributed by atoms with van der Waals surface area (Å²) in [6.45, 7) is -0.122. The largest absolute Gasteiger partial charge is 0.347 e. The van der Waals surface area contributed by atoms with Gasteiger partial charge in [0, 0.05) is 5.69 Å². The molecule has 2 amide bonds. The normalized spacial score (nSPS) is 9.95. The summed E-state index contributed by atoms with van der Waals surface area (Å²) in [5.41, 5.74) is 1.37. The van der Waals surface area contributed by atoms with Gasteiger partial charge in [-0.1, -0.05) is 30.3 Å². The molecule has 4 nitrogen and oxygen atoms in total. The molecule has 0 radical (unpaired) electrons. The predicted molar refractivity (Wildman–Crippen MR) is 78.2 cm³/mol. The molecule has 21 heavy (non-hydrogen) atoms. The summed E-state index contributed by atoms with van der Waals surface area (Å²) in [6, 6.07) is 14.7. The quantitative estimate of drug-likeness (QED) is 0.884. The summed E-state index contributed by atoms with van der Waals surface area (Å²) in [4.78, 5) is 23.3. The minimum Gasteiger partial charge on any atom is -0.347 e. The van der Waals surface area contributed by atoms with Crippen LogP contribution in [0.1, 0.15) is 5.56 Å². The van der Waals surface area contributed by atoms with Gasteiger partial charge in [0.1, 0.15) is 5.82 Å². The average molecular weight is 286 g/mol. The molecule has 0 atom stereocenters. The average Bonchev–Trinajstić information content (AvgIpc) is 2.49. The van der Waals surface area contributed by atoms with E-state index in [1.165, 1.54) is 24.3 Å². The van der Waals surface area contributed by atoms with E-state index in [0.29, 0.717) is 5.69 Å². The fraction of sp³-hybridized carbons (Fsp3) is 0.125. The Balaban J connectivity index is 1.76. The molecular formula is C16H15FN2O2. The van der Waals surface area contributed by atoms with Crippen molar-refractivity contribution in [2.24, 2.45) is 0 Å². The molecule has 0 aliphatic rings. The van der Waals surface area contributed by atoms with Crippen LogP contribution in [0.15, 0.2) is 54.6 Å². The van der Waals surface area contributed by atoms with Crippen LogP contribution in [0.5, 0.6) is 0 Å². The van der Waals surface area contributed by atoms with E-state index in [1.807, 2.05) is 30.3 Å². The Kier molecular flexibility index (Phi) is 5.04. The number of benzene rings is 2. The second-order valence-electron chi connectivity index (χ2n) is 4.49. The summed E-state index contributed by atoms with van der Waals surface area (Å²) in [5.74, 6) is -0.956. The summed E-state index contributed by atoms with van der Waals surface area (Å²) in [6.07, 6.45) is 0.227. The van der Waals surface area contributed by atoms with Crippen LogP contribution in [0.25, 0.3) is 0 Å². The van der Waals surface area contributed by atoms with E-state index in [4.69, 9.17) is 0 Å². The number of amides is 2. The standard InChI is InChI=1S/C16H15FN2O2/c17-13-6-8-14(9-7-13)19-16(21)11-18-15(20)10-12-4-2-1-3-5-12/h1-9H,10-11H2,(H,18,20)(H,19,21). The smallest absolute Gasteiger partial charge is 0.243 e. The van der Waals surface area contributed by atoms with Gasteiger partial charge in [0.2, 0.25) is 11.8 Å². The van der Waals surface area contributed by atoms with Crippen LogP contribution in [0, 0.1) is 5.82 Å². The molecule has 0 saturated heterocycles. The van der Waals surface area contributed by atoms with E-state index in [1.54, 1.807) is 0 Å². The van der Waals surface area contributed by atoms with Gasteiger partial charge in [0.15, 0.2) is 0 Å². The van der Waals surface area contributed by atoms with E-state index in [2.05, 4.69) is 10.6 Å². The predicted octanol–water partition coefficient (Wildman–Crippen LogP) is 2.12. The highest BCUT2D eigenvalue weighted by Gasteiger charge is 2.06. The van der Waals surface area contributed by atoms with Crippen LogP contribution in [0.3, 0.4) is 0 Å². The number of anilines is 1. The molecule has 0 aliphatic carbocycles. The lowest BCUT2D eigenvalue weighted by Gasteiger charge is -2.07. The van der Waals surface area contributed by atoms with Gasteiger partial charge in [0.25, 0.3) is 0 Å². The summed E-state index contributed by atoms with van der Waals surface area (Å²) >= 11 is 0. The Morgan fingerprint density at radius 2 is 1.57 bits per heavy atom. The molecule has 0 unspecified atom stereocenters. The van der Waals surface area contributed by atoms with Crippen LogP contribution in [0.2, 0.25) is 0 Å². The second kappa shape index (κ2) is 7.19. The number of nitrogens with one attached hydrogen (secondary N) is 2. The summed E-state index contributed by atoms with van der Waals surface area (Å²) in [5, 5.41) is 5.11. The lowest BCUT2D eigenvalue weighted by molar-refractivity contribution is -0.123. The van der Waals surface area contributed by atoms with Crippen molar-refractivity contribution in [1.29, 1.82) is 0 Å². The zero-order chi connectivity index (χ0) is 15.1. The third kappa shape index (κ3) is 5.06. The number of halogens is 1. The Bertz CT molecular complexity index is 612. The van der Waals surface area contributed by atoms with E-state index in [-0.39, 0.29) is 30.6 Å². The molecular weight excluding hydrogens is 271 g/mol. The molecule has 0 bridgehead atoms. The van der Waals surface area contributed by atoms with Crippen LogP contribution >= 0.6 is 0 Å². The first kappa shape index (κ1) is 14.7. The molecule has 0 aliphatic heterocycles. The van der Waals surface area contributed by atoms with Gasteiger partial charge in [-0.3, -0.25) is 9.59 Å². The number of carbonyl (C=O) groups excluding carboxylic acids is 2. The lowest BCUT2D eigenvalue weighted by Crippen LogP contribution is -2.33. The molecule has 2 N–H and O–H groups in total. The highest BCUT2D eigenvalue weighted by Crippen LogP contribution is 2.07. The number of hydrogen-bond donors (Lipinski definition) is 2. The number of hydrogen-bond acceptors (Lipinski definition) is 2. The van der Waals surface area contributed by atoms with Crippen LogP contribution in [-0.2, 0) is 16.0 Å². The number of rotatable bonds is 5. The summed E-state index contributed by atoms with van der Waals surface area (Å²) in [7, 11) is 0. The molecule has 0 fully saturated rings. The van der Waals surface area contributed by atoms with Crippen LogP contribution < -0.4 is 10.6 Å². The van der Waals surface area contributed by atoms with Gasteiger partial charge in [0.05, 0.1) is 13.0 Å². The van der Waals surface area contributed by atoms with E-state index < -0.39 is 0 Å². The maximum atomic E-state index is 12.7. The first-order valence-electron chi connectivity index (χ1n) is 6.49. The number of carbonyl (C=O) groups is 2. The van der Waals surface area contributed by atoms with Crippen molar-refractivity contribution in [3.63, 3.8) is 0 Å². The second-order valence-corrected chi connectivity index (χ2v) is 4.49. The molecule has 0 aromatic heterocycles. The molecule has 5 heteroatoms.